The molecule has 0 atom stereocenters. The molecule has 19 aromatic rings. The van der Waals surface area contributed by atoms with E-state index in [0.717, 1.165) is 40.6 Å². The first-order chi connectivity index (χ1) is 60.1. The van der Waals surface area contributed by atoms with Gasteiger partial charge in [-0.2, -0.15) is 44.8 Å². The van der Waals surface area contributed by atoms with Gasteiger partial charge < -0.3 is 28.7 Å². The molecule has 0 aliphatic heterocycles. The van der Waals surface area contributed by atoms with Gasteiger partial charge in [-0.25, -0.2) is 58.6 Å². The van der Waals surface area contributed by atoms with E-state index in [4.69, 9.17) is 51.9 Å². The van der Waals surface area contributed by atoms with Crippen LogP contribution in [0.3, 0.4) is 0 Å². The number of pyridine rings is 4. The number of nitrogen functional groups attached to an aromatic ring is 5. The highest BCUT2D eigenvalue weighted by atomic mass is 35.5. The molecule has 0 saturated heterocycles. The topological polar surface area (TPSA) is 408 Å². The monoisotopic (exact) mass is 1750 g/mol. The average molecular weight is 1750 g/mol. The molecule has 19 rings (SSSR count). The molecular formula is C84H58Cl2F11N29. The molecule has 14 aromatic heterocycles. The molecule has 10 N–H and O–H groups in total. The van der Waals surface area contributed by atoms with E-state index < -0.39 is 41.4 Å². The Kier molecular flexibility index (Phi) is 23.1. The van der Waals surface area contributed by atoms with E-state index >= 15 is 0 Å². The van der Waals surface area contributed by atoms with Gasteiger partial charge in [-0.15, -0.1) is 40.8 Å². The van der Waals surface area contributed by atoms with Crippen molar-refractivity contribution in [2.45, 2.75) is 46.2 Å². The Bertz CT molecular complexity index is 7150. The second kappa shape index (κ2) is 34.4. The molecule has 0 unspecified atom stereocenters. The number of aromatic nitrogens is 23. The molecule has 630 valence electrons. The molecular weight excluding hydrogens is 1700 g/mol. The number of rotatable bonds is 9. The zero-order valence-corrected chi connectivity index (χ0v) is 66.8. The van der Waals surface area contributed by atoms with Gasteiger partial charge in [0.1, 0.15) is 76.5 Å². The van der Waals surface area contributed by atoms with Crippen LogP contribution in [0.25, 0.3) is 129 Å². The number of imidazole rings is 1. The average Bonchev–Trinajstić information content (AvgIpc) is 1.51. The number of alkyl halides is 9. The maximum atomic E-state index is 13.3. The molecule has 0 fully saturated rings. The lowest BCUT2D eigenvalue weighted by molar-refractivity contribution is -0.142. The minimum absolute atomic E-state index is 0.0462. The van der Waals surface area contributed by atoms with E-state index in [1.54, 1.807) is 63.5 Å². The van der Waals surface area contributed by atoms with Gasteiger partial charge in [0.2, 0.25) is 29.7 Å². The van der Waals surface area contributed by atoms with Gasteiger partial charge in [-0.1, -0.05) is 96.0 Å². The fourth-order valence-corrected chi connectivity index (χ4v) is 13.9. The number of benzene rings is 5. The van der Waals surface area contributed by atoms with Crippen LogP contribution >= 0.6 is 23.2 Å². The van der Waals surface area contributed by atoms with Crippen LogP contribution < -0.4 is 28.7 Å². The molecule has 0 radical (unpaired) electrons. The standard InChI is InChI=1S/C19H14F3N5.C18H12ClF3N6.C18H12F4N6.C17H12ClFN6.C12H8N6/c1-11-9-13(10-14(25-11)19(20,21)22)15-16(12-5-3-2-4-6-12)26-18(23)27-8-7-24-17(15)27;2*1-9-6-11(7-13(25-9)18(20,21)22)14-15(10-2-4-12(19)5-3-10)26-17(23)28-8-24-27-16(14)28;1-9-6-11(7-13(18)22-9)14-15(10-2-4-12(19)5-3-10)23-17(20)25-8-21-24-16(14)25;13-6-9-10(8-4-2-1-3-5-8)16-12(14)18-7-15-17-11(9)18/h2-10H,1H3,(H2,23,26);2*2-8H,1H3,(H2,23,26);2-8H,1H3,(H2,20,23);1-5,7H,(H2,14,16). The third-order valence-corrected chi connectivity index (χ3v) is 19.3. The first-order valence-corrected chi connectivity index (χ1v) is 37.6. The van der Waals surface area contributed by atoms with E-state index in [0.29, 0.717) is 94.4 Å². The highest BCUT2D eigenvalue weighted by molar-refractivity contribution is 6.30. The molecule has 0 aliphatic rings. The fourth-order valence-electron chi connectivity index (χ4n) is 13.5. The fraction of sp³-hybridized carbons (Fsp3) is 0.0833. The van der Waals surface area contributed by atoms with Gasteiger partial charge in [0.15, 0.2) is 22.6 Å². The lowest BCUT2D eigenvalue weighted by Crippen LogP contribution is -2.10. The molecule has 0 bridgehead atoms. The van der Waals surface area contributed by atoms with Crippen LogP contribution in [0, 0.1) is 50.7 Å². The van der Waals surface area contributed by atoms with Crippen molar-refractivity contribution in [1.29, 1.82) is 5.26 Å². The lowest BCUT2D eigenvalue weighted by atomic mass is 9.99. The molecule has 42 heteroatoms. The molecule has 0 aliphatic carbocycles. The third-order valence-electron chi connectivity index (χ3n) is 18.9. The van der Waals surface area contributed by atoms with Crippen LogP contribution in [0.1, 0.15) is 45.4 Å². The largest absolute Gasteiger partial charge is 0.433 e. The van der Waals surface area contributed by atoms with Crippen molar-refractivity contribution < 1.29 is 48.3 Å². The van der Waals surface area contributed by atoms with Crippen LogP contribution in [0.4, 0.5) is 78.0 Å². The summed E-state index contributed by atoms with van der Waals surface area (Å²) >= 11 is 12.1. The van der Waals surface area contributed by atoms with Gasteiger partial charge in [0.05, 0.1) is 50.7 Å². The van der Waals surface area contributed by atoms with Gasteiger partial charge in [0.25, 0.3) is 0 Å². The maximum absolute atomic E-state index is 13.3. The normalized spacial score (nSPS) is 11.5. The number of anilines is 5. The summed E-state index contributed by atoms with van der Waals surface area (Å²) in [7, 11) is 0. The van der Waals surface area contributed by atoms with E-state index in [1.807, 2.05) is 73.7 Å². The number of nitrogens with zero attached hydrogens (tertiary/aromatic N) is 24. The number of hydrogen-bond acceptors (Lipinski definition) is 24. The van der Waals surface area contributed by atoms with Gasteiger partial charge in [-0.05, 0) is 159 Å². The van der Waals surface area contributed by atoms with Gasteiger partial charge in [0, 0.05) is 68.0 Å². The van der Waals surface area contributed by atoms with Crippen molar-refractivity contribution >= 4 is 81.2 Å². The van der Waals surface area contributed by atoms with Gasteiger partial charge >= 0.3 is 18.5 Å². The van der Waals surface area contributed by atoms with E-state index in [2.05, 4.69) is 96.7 Å². The van der Waals surface area contributed by atoms with E-state index in [1.165, 1.54) is 114 Å². The SMILES string of the molecule is Cc1cc(-c2c(-c3ccc(Cl)cc3)nc(N)n3cnnc23)cc(C(F)(F)F)n1.Cc1cc(-c2c(-c3ccc(F)cc3)nc(N)n3cnnc23)cc(C(F)(F)F)n1.Cc1cc(-c2c(-c3ccc(F)cc3)nc(N)n3cnnc23)cc(Cl)n1.Cc1cc(-c2c(-c3ccccc3)nc(N)n3ccnc23)cc(C(F)(F)F)n1.N#Cc1c(-c2ccccc2)nc(N)n2cnnc12. The third kappa shape index (κ3) is 17.7. The van der Waals surface area contributed by atoms with Gasteiger partial charge in [-0.3, -0.25) is 22.0 Å². The van der Waals surface area contributed by atoms with Crippen molar-refractivity contribution in [1.82, 2.24) is 113 Å². The zero-order chi connectivity index (χ0) is 89.4. The first-order valence-electron chi connectivity index (χ1n) is 36.9. The summed E-state index contributed by atoms with van der Waals surface area (Å²) in [6.07, 6.45) is -5.02. The Balaban J connectivity index is 0.000000122. The van der Waals surface area contributed by atoms with Crippen molar-refractivity contribution in [3.8, 4) is 107 Å². The Hall–Kier alpha value is -16.2. The van der Waals surface area contributed by atoms with Crippen LogP contribution in [-0.2, 0) is 18.5 Å². The molecule has 5 aromatic carbocycles. The number of hydrogen-bond donors (Lipinski definition) is 5. The van der Waals surface area contributed by atoms with Crippen molar-refractivity contribution in [2.75, 3.05) is 28.7 Å². The summed E-state index contributed by atoms with van der Waals surface area (Å²) in [6, 6.07) is 49.9. The van der Waals surface area contributed by atoms with Crippen molar-refractivity contribution in [3.05, 3.63) is 287 Å². The van der Waals surface area contributed by atoms with Crippen LogP contribution in [0.5, 0.6) is 0 Å². The minimum atomic E-state index is -4.62. The molecule has 29 nitrogen and oxygen atoms in total. The molecule has 0 amide bonds. The number of nitrogens with two attached hydrogens (primary N) is 5. The lowest BCUT2D eigenvalue weighted by Gasteiger charge is -2.15. The highest BCUT2D eigenvalue weighted by Gasteiger charge is 2.37. The smallest absolute Gasteiger partial charge is 0.369 e. The summed E-state index contributed by atoms with van der Waals surface area (Å²) in [5, 5.41) is 41.6. The summed E-state index contributed by atoms with van der Waals surface area (Å²) in [5.74, 6) is 0.0609. The molecule has 14 heterocycles. The van der Waals surface area contributed by atoms with E-state index in [9.17, 15) is 53.6 Å². The quantitative estimate of drug-likeness (QED) is 0.0662. The Morgan fingerprint density at radius 2 is 0.619 bits per heavy atom. The maximum Gasteiger partial charge on any atom is 0.433 e. The van der Waals surface area contributed by atoms with Crippen molar-refractivity contribution in [3.63, 3.8) is 0 Å². The Morgan fingerprint density at radius 3 is 0.968 bits per heavy atom. The summed E-state index contributed by atoms with van der Waals surface area (Å²) in [5.41, 5.74) is 39.4. The second-order valence-electron chi connectivity index (χ2n) is 27.5. The number of aryl methyl sites for hydroxylation is 4. The Labute approximate surface area is 712 Å². The minimum Gasteiger partial charge on any atom is -0.369 e. The summed E-state index contributed by atoms with van der Waals surface area (Å²) < 4.78 is 154. The number of halogens is 13. The summed E-state index contributed by atoms with van der Waals surface area (Å²) in [4.78, 5) is 41.2. The Morgan fingerprint density at radius 1 is 0.325 bits per heavy atom. The van der Waals surface area contributed by atoms with Crippen LogP contribution in [0.15, 0.2) is 220 Å². The predicted octanol–water partition coefficient (Wildman–Crippen LogP) is 17.5. The van der Waals surface area contributed by atoms with Crippen molar-refractivity contribution in [2.24, 2.45) is 0 Å². The van der Waals surface area contributed by atoms with E-state index in [-0.39, 0.29) is 86.3 Å². The highest BCUT2D eigenvalue weighted by Crippen LogP contribution is 2.44. The molecule has 126 heavy (non-hydrogen) atoms. The first kappa shape index (κ1) is 84.8. The number of nitriles is 1. The summed E-state index contributed by atoms with van der Waals surface area (Å²) in [6.45, 7) is 6.32. The molecule has 0 saturated carbocycles. The van der Waals surface area contributed by atoms with Crippen LogP contribution in [-0.4, -0.2) is 113 Å². The second-order valence-corrected chi connectivity index (χ2v) is 28.3. The zero-order valence-electron chi connectivity index (χ0n) is 65.3. The van der Waals surface area contributed by atoms with Crippen LogP contribution in [0.2, 0.25) is 10.2 Å². The molecule has 0 spiro atoms. The number of fused-ring (bicyclic) bond motifs is 5. The predicted molar refractivity (Wildman–Crippen MR) is 447 cm³/mol.